The minimum absolute atomic E-state index is 0.263. The van der Waals surface area contributed by atoms with Crippen molar-refractivity contribution in [3.63, 3.8) is 0 Å². The SMILES string of the molecule is CC(=O)OCCc1ccc(C#N)cc1C. The first-order chi connectivity index (χ1) is 7.13. The summed E-state index contributed by atoms with van der Waals surface area (Å²) < 4.78 is 4.85. The van der Waals surface area contributed by atoms with Gasteiger partial charge in [-0.15, -0.1) is 0 Å². The third kappa shape index (κ3) is 3.43. The minimum Gasteiger partial charge on any atom is -0.466 e. The predicted octanol–water partition coefficient (Wildman–Crippen LogP) is 1.97. The van der Waals surface area contributed by atoms with Crippen molar-refractivity contribution in [2.75, 3.05) is 6.61 Å². The summed E-state index contributed by atoms with van der Waals surface area (Å²) in [4.78, 5) is 10.6. The Morgan fingerprint density at radius 2 is 2.27 bits per heavy atom. The summed E-state index contributed by atoms with van der Waals surface area (Å²) in [7, 11) is 0. The van der Waals surface area contributed by atoms with Crippen LogP contribution in [0.15, 0.2) is 18.2 Å². The van der Waals surface area contributed by atoms with E-state index in [1.54, 1.807) is 6.07 Å². The van der Waals surface area contributed by atoms with Crippen LogP contribution in [0, 0.1) is 18.3 Å². The molecule has 1 rings (SSSR count). The van der Waals surface area contributed by atoms with E-state index in [1.165, 1.54) is 6.92 Å². The monoisotopic (exact) mass is 203 g/mol. The van der Waals surface area contributed by atoms with E-state index in [0.29, 0.717) is 18.6 Å². The third-order valence-electron chi connectivity index (χ3n) is 2.15. The summed E-state index contributed by atoms with van der Waals surface area (Å²) in [6.07, 6.45) is 0.692. The molecule has 3 nitrogen and oxygen atoms in total. The number of esters is 1. The van der Waals surface area contributed by atoms with Gasteiger partial charge in [-0.05, 0) is 30.2 Å². The van der Waals surface area contributed by atoms with Gasteiger partial charge >= 0.3 is 5.97 Å². The van der Waals surface area contributed by atoms with Crippen LogP contribution in [0.25, 0.3) is 0 Å². The quantitative estimate of drug-likeness (QED) is 0.706. The molecule has 3 heteroatoms. The normalized spacial score (nSPS) is 9.40. The molecule has 0 aromatic heterocycles. The fourth-order valence-electron chi connectivity index (χ4n) is 1.35. The Hall–Kier alpha value is -1.82. The van der Waals surface area contributed by atoms with Crippen molar-refractivity contribution >= 4 is 5.97 Å². The number of nitrogens with zero attached hydrogens (tertiary/aromatic N) is 1. The number of rotatable bonds is 3. The lowest BCUT2D eigenvalue weighted by atomic mass is 10.0. The molecule has 1 aromatic rings. The van der Waals surface area contributed by atoms with Gasteiger partial charge in [-0.1, -0.05) is 6.07 Å². The molecule has 1 aromatic carbocycles. The first-order valence-corrected chi connectivity index (χ1v) is 4.76. The third-order valence-corrected chi connectivity index (χ3v) is 2.15. The Balaban J connectivity index is 2.63. The van der Waals surface area contributed by atoms with Crippen molar-refractivity contribution < 1.29 is 9.53 Å². The van der Waals surface area contributed by atoms with Crippen molar-refractivity contribution in [2.45, 2.75) is 20.3 Å². The zero-order valence-electron chi connectivity index (χ0n) is 8.91. The van der Waals surface area contributed by atoms with E-state index in [-0.39, 0.29) is 5.97 Å². The van der Waals surface area contributed by atoms with E-state index in [1.807, 2.05) is 19.1 Å². The van der Waals surface area contributed by atoms with Gasteiger partial charge in [0.2, 0.25) is 0 Å². The molecule has 0 bridgehead atoms. The Labute approximate surface area is 89.3 Å². The molecule has 0 saturated carbocycles. The van der Waals surface area contributed by atoms with Crippen molar-refractivity contribution in [3.05, 3.63) is 34.9 Å². The van der Waals surface area contributed by atoms with Gasteiger partial charge < -0.3 is 4.74 Å². The van der Waals surface area contributed by atoms with Crippen LogP contribution in [0.3, 0.4) is 0 Å². The van der Waals surface area contributed by atoms with Gasteiger partial charge in [0.15, 0.2) is 0 Å². The summed E-state index contributed by atoms with van der Waals surface area (Å²) in [5.41, 5.74) is 2.82. The van der Waals surface area contributed by atoms with Crippen molar-refractivity contribution in [2.24, 2.45) is 0 Å². The van der Waals surface area contributed by atoms with Gasteiger partial charge in [-0.25, -0.2) is 0 Å². The molecule has 0 aliphatic heterocycles. The molecular formula is C12H13NO2. The molecule has 0 aliphatic carbocycles. The standard InChI is InChI=1S/C12H13NO2/c1-9-7-11(8-13)3-4-12(9)5-6-15-10(2)14/h3-4,7H,5-6H2,1-2H3. The van der Waals surface area contributed by atoms with Gasteiger partial charge in [-0.3, -0.25) is 4.79 Å². The smallest absolute Gasteiger partial charge is 0.302 e. The van der Waals surface area contributed by atoms with Crippen molar-refractivity contribution in [1.82, 2.24) is 0 Å². The number of benzene rings is 1. The number of aryl methyl sites for hydroxylation is 1. The van der Waals surface area contributed by atoms with Crippen LogP contribution in [0.2, 0.25) is 0 Å². The van der Waals surface area contributed by atoms with Crippen LogP contribution < -0.4 is 0 Å². The molecule has 0 radical (unpaired) electrons. The number of carbonyl (C=O) groups is 1. The highest BCUT2D eigenvalue weighted by Gasteiger charge is 2.01. The average Bonchev–Trinajstić information content (AvgIpc) is 2.20. The Bertz CT molecular complexity index is 405. The predicted molar refractivity (Wildman–Crippen MR) is 56.2 cm³/mol. The summed E-state index contributed by atoms with van der Waals surface area (Å²) in [5.74, 6) is -0.263. The van der Waals surface area contributed by atoms with Gasteiger partial charge in [0.25, 0.3) is 0 Å². The maximum absolute atomic E-state index is 10.6. The number of carbonyl (C=O) groups excluding carboxylic acids is 1. The molecule has 0 aliphatic rings. The minimum atomic E-state index is -0.263. The zero-order valence-corrected chi connectivity index (χ0v) is 8.91. The largest absolute Gasteiger partial charge is 0.466 e. The summed E-state index contributed by atoms with van der Waals surface area (Å²) in [5, 5.41) is 8.68. The van der Waals surface area contributed by atoms with E-state index in [4.69, 9.17) is 10.00 Å². The Kier molecular flexibility index (Phi) is 3.87. The molecule has 0 spiro atoms. The number of hydrogen-bond acceptors (Lipinski definition) is 3. The molecule has 0 N–H and O–H groups in total. The van der Waals surface area contributed by atoms with Crippen molar-refractivity contribution in [1.29, 1.82) is 5.26 Å². The Morgan fingerprint density at radius 1 is 1.53 bits per heavy atom. The zero-order chi connectivity index (χ0) is 11.3. The first-order valence-electron chi connectivity index (χ1n) is 4.76. The van der Waals surface area contributed by atoms with E-state index < -0.39 is 0 Å². The average molecular weight is 203 g/mol. The lowest BCUT2D eigenvalue weighted by Gasteiger charge is -2.05. The lowest BCUT2D eigenvalue weighted by molar-refractivity contribution is -0.140. The highest BCUT2D eigenvalue weighted by Crippen LogP contribution is 2.11. The maximum atomic E-state index is 10.6. The van der Waals surface area contributed by atoms with Gasteiger partial charge in [0.1, 0.15) is 0 Å². The molecule has 0 amide bonds. The van der Waals surface area contributed by atoms with Crippen LogP contribution in [0.4, 0.5) is 0 Å². The molecule has 0 heterocycles. The first kappa shape index (κ1) is 11.3. The highest BCUT2D eigenvalue weighted by atomic mass is 16.5. The fourth-order valence-corrected chi connectivity index (χ4v) is 1.35. The Morgan fingerprint density at radius 3 is 2.80 bits per heavy atom. The van der Waals surface area contributed by atoms with Gasteiger partial charge in [0, 0.05) is 13.3 Å². The van der Waals surface area contributed by atoms with E-state index >= 15 is 0 Å². The molecular weight excluding hydrogens is 190 g/mol. The summed E-state index contributed by atoms with van der Waals surface area (Å²) >= 11 is 0. The second-order valence-corrected chi connectivity index (χ2v) is 3.34. The topological polar surface area (TPSA) is 50.1 Å². The number of nitriles is 1. The molecule has 15 heavy (non-hydrogen) atoms. The maximum Gasteiger partial charge on any atom is 0.302 e. The fraction of sp³-hybridized carbons (Fsp3) is 0.333. The molecule has 0 atom stereocenters. The lowest BCUT2D eigenvalue weighted by Crippen LogP contribution is -2.04. The van der Waals surface area contributed by atoms with E-state index in [9.17, 15) is 4.79 Å². The van der Waals surface area contributed by atoms with E-state index in [0.717, 1.165) is 11.1 Å². The second kappa shape index (κ2) is 5.16. The number of hydrogen-bond donors (Lipinski definition) is 0. The number of ether oxygens (including phenoxy) is 1. The van der Waals surface area contributed by atoms with Crippen LogP contribution in [0.5, 0.6) is 0 Å². The molecule has 0 saturated heterocycles. The van der Waals surface area contributed by atoms with Crippen LogP contribution in [-0.2, 0) is 16.0 Å². The van der Waals surface area contributed by atoms with E-state index in [2.05, 4.69) is 6.07 Å². The van der Waals surface area contributed by atoms with Gasteiger partial charge in [0.05, 0.1) is 18.2 Å². The van der Waals surface area contributed by atoms with Gasteiger partial charge in [-0.2, -0.15) is 5.26 Å². The van der Waals surface area contributed by atoms with Crippen LogP contribution in [-0.4, -0.2) is 12.6 Å². The van der Waals surface area contributed by atoms with Crippen LogP contribution >= 0.6 is 0 Å². The summed E-state index contributed by atoms with van der Waals surface area (Å²) in [6, 6.07) is 7.59. The highest BCUT2D eigenvalue weighted by molar-refractivity contribution is 5.65. The molecule has 78 valence electrons. The second-order valence-electron chi connectivity index (χ2n) is 3.34. The van der Waals surface area contributed by atoms with Crippen molar-refractivity contribution in [3.8, 4) is 6.07 Å². The molecule has 0 fully saturated rings. The van der Waals surface area contributed by atoms with Crippen LogP contribution in [0.1, 0.15) is 23.6 Å². The summed E-state index contributed by atoms with van der Waals surface area (Å²) in [6.45, 7) is 3.73. The molecule has 0 unspecified atom stereocenters.